The van der Waals surface area contributed by atoms with Crippen LogP contribution in [0.1, 0.15) is 13.8 Å². The van der Waals surface area contributed by atoms with Crippen LogP contribution in [0, 0.1) is 4.91 Å². The molecule has 0 unspecified atom stereocenters. The molecule has 0 saturated heterocycles. The lowest BCUT2D eigenvalue weighted by molar-refractivity contribution is 0.212. The fraction of sp³-hybridized carbons (Fsp3) is 1.00. The lowest BCUT2D eigenvalue weighted by Crippen LogP contribution is -2.33. The van der Waals surface area contributed by atoms with E-state index in [1.165, 1.54) is 0 Å². The third-order valence-electron chi connectivity index (χ3n) is 0.946. The average molecular weight is 117 g/mol. The molecule has 0 aromatic rings. The van der Waals surface area contributed by atoms with Crippen molar-refractivity contribution in [3.05, 3.63) is 4.91 Å². The fourth-order valence-corrected chi connectivity index (χ4v) is 0.423. The van der Waals surface area contributed by atoms with Crippen molar-refractivity contribution in [2.24, 2.45) is 5.29 Å². The molecule has 0 aromatic carbocycles. The van der Waals surface area contributed by atoms with Gasteiger partial charge in [-0.05, 0) is 0 Å². The highest BCUT2D eigenvalue weighted by Gasteiger charge is 1.91. The Morgan fingerprint density at radius 1 is 1.50 bits per heavy atom. The summed E-state index contributed by atoms with van der Waals surface area (Å²) < 4.78 is 0. The van der Waals surface area contributed by atoms with Crippen molar-refractivity contribution in [1.29, 1.82) is 0 Å². The Hall–Kier alpha value is -0.640. The first-order valence-corrected chi connectivity index (χ1v) is 2.68. The minimum atomic E-state index is 0.794. The molecule has 0 radical (unpaired) electrons. The molecular formula is C4H11N3O. The lowest BCUT2D eigenvalue weighted by atomic mass is 10.6. The predicted molar refractivity (Wildman–Crippen MR) is 31.9 cm³/mol. The molecule has 48 valence electrons. The predicted octanol–water partition coefficient (Wildman–Crippen LogP) is 0.514. The van der Waals surface area contributed by atoms with Gasteiger partial charge in [0.05, 0.1) is 5.29 Å². The number of rotatable bonds is 4. The summed E-state index contributed by atoms with van der Waals surface area (Å²) in [6.45, 7) is 5.48. The quantitative estimate of drug-likeness (QED) is 0.431. The maximum atomic E-state index is 9.53. The topological polar surface area (TPSA) is 44.7 Å². The second-order valence-corrected chi connectivity index (χ2v) is 1.36. The van der Waals surface area contributed by atoms with Gasteiger partial charge < -0.3 is 0 Å². The minimum absolute atomic E-state index is 0.794. The normalized spacial score (nSPS) is 9.38. The maximum absolute atomic E-state index is 9.53. The van der Waals surface area contributed by atoms with Gasteiger partial charge in [-0.1, -0.05) is 13.8 Å². The van der Waals surface area contributed by atoms with Crippen LogP contribution in [0.4, 0.5) is 0 Å². The summed E-state index contributed by atoms with van der Waals surface area (Å²) in [4.78, 5) is 9.53. The molecule has 4 heteroatoms. The van der Waals surface area contributed by atoms with E-state index in [4.69, 9.17) is 0 Å². The van der Waals surface area contributed by atoms with E-state index in [0.29, 0.717) is 0 Å². The van der Waals surface area contributed by atoms with E-state index in [1.807, 2.05) is 13.8 Å². The standard InChI is InChI=1S/C4H11N3O/c1-3-7(4-2)5-6-8/h3-4H2,1-2H3,(H,5,8). The Labute approximate surface area is 48.8 Å². The van der Waals surface area contributed by atoms with E-state index in [1.54, 1.807) is 5.01 Å². The molecule has 0 atom stereocenters. The van der Waals surface area contributed by atoms with Crippen LogP contribution in [-0.2, 0) is 0 Å². The third-order valence-corrected chi connectivity index (χ3v) is 0.946. The number of hydrogen-bond acceptors (Lipinski definition) is 3. The van der Waals surface area contributed by atoms with Crippen LogP contribution >= 0.6 is 0 Å². The zero-order valence-corrected chi connectivity index (χ0v) is 5.22. The monoisotopic (exact) mass is 117 g/mol. The van der Waals surface area contributed by atoms with Crippen molar-refractivity contribution in [2.45, 2.75) is 13.8 Å². The molecule has 0 bridgehead atoms. The highest BCUT2D eigenvalue weighted by atomic mass is 16.3. The molecule has 0 fully saturated rings. The van der Waals surface area contributed by atoms with E-state index in [-0.39, 0.29) is 0 Å². The van der Waals surface area contributed by atoms with E-state index >= 15 is 0 Å². The van der Waals surface area contributed by atoms with Gasteiger partial charge in [-0.2, -0.15) is 0 Å². The SMILES string of the molecule is CCN(CC)NN=O. The number of hydrazine groups is 1. The Morgan fingerprint density at radius 3 is 2.12 bits per heavy atom. The summed E-state index contributed by atoms with van der Waals surface area (Å²) in [5, 5.41) is 4.20. The summed E-state index contributed by atoms with van der Waals surface area (Å²) in [5.74, 6) is 0. The van der Waals surface area contributed by atoms with Crippen molar-refractivity contribution in [1.82, 2.24) is 10.5 Å². The van der Waals surface area contributed by atoms with Crippen LogP contribution in [0.5, 0.6) is 0 Å². The summed E-state index contributed by atoms with van der Waals surface area (Å²) in [7, 11) is 0. The molecule has 0 saturated carbocycles. The molecule has 0 heterocycles. The summed E-state index contributed by atoms with van der Waals surface area (Å²) in [6.07, 6.45) is 0. The fourth-order valence-electron chi connectivity index (χ4n) is 0.423. The molecule has 4 nitrogen and oxygen atoms in total. The van der Waals surface area contributed by atoms with Crippen LogP contribution in [0.15, 0.2) is 5.29 Å². The van der Waals surface area contributed by atoms with Crippen LogP contribution < -0.4 is 5.53 Å². The van der Waals surface area contributed by atoms with Gasteiger partial charge in [-0.15, -0.1) is 4.91 Å². The molecule has 8 heavy (non-hydrogen) atoms. The van der Waals surface area contributed by atoms with Crippen LogP contribution in [0.3, 0.4) is 0 Å². The second kappa shape index (κ2) is 4.52. The first-order valence-electron chi connectivity index (χ1n) is 2.68. The van der Waals surface area contributed by atoms with Gasteiger partial charge in [-0.25, -0.2) is 10.5 Å². The number of nitrogens with one attached hydrogen (secondary N) is 1. The zero-order valence-electron chi connectivity index (χ0n) is 5.22. The molecule has 0 spiro atoms. The van der Waals surface area contributed by atoms with Gasteiger partial charge in [-0.3, -0.25) is 0 Å². The number of hydrogen-bond donors (Lipinski definition) is 1. The Balaban J connectivity index is 3.20. The first-order chi connectivity index (χ1) is 3.85. The van der Waals surface area contributed by atoms with E-state index < -0.39 is 0 Å². The highest BCUT2D eigenvalue weighted by molar-refractivity contribution is 4.37. The average Bonchev–Trinajstić information content (AvgIpc) is 1.83. The Kier molecular flexibility index (Phi) is 4.16. The zero-order chi connectivity index (χ0) is 6.41. The largest absolute Gasteiger partial charge is 0.205 e. The summed E-state index contributed by atoms with van der Waals surface area (Å²) in [6, 6.07) is 0. The van der Waals surface area contributed by atoms with Crippen molar-refractivity contribution in [3.63, 3.8) is 0 Å². The molecule has 0 aromatic heterocycles. The van der Waals surface area contributed by atoms with E-state index in [2.05, 4.69) is 10.8 Å². The molecule has 0 amide bonds. The molecule has 1 N–H and O–H groups in total. The van der Waals surface area contributed by atoms with Gasteiger partial charge in [0, 0.05) is 13.1 Å². The third kappa shape index (κ3) is 2.52. The molecule has 0 aliphatic carbocycles. The summed E-state index contributed by atoms with van der Waals surface area (Å²) in [5.41, 5.74) is 2.28. The van der Waals surface area contributed by atoms with Crippen LogP contribution in [0.25, 0.3) is 0 Å². The van der Waals surface area contributed by atoms with Gasteiger partial charge in [0.2, 0.25) is 0 Å². The highest BCUT2D eigenvalue weighted by Crippen LogP contribution is 1.76. The van der Waals surface area contributed by atoms with E-state index in [0.717, 1.165) is 13.1 Å². The van der Waals surface area contributed by atoms with Gasteiger partial charge in [0.15, 0.2) is 0 Å². The number of nitrogens with zero attached hydrogens (tertiary/aromatic N) is 2. The molecule has 0 aliphatic rings. The Morgan fingerprint density at radius 2 is 2.00 bits per heavy atom. The van der Waals surface area contributed by atoms with Gasteiger partial charge >= 0.3 is 0 Å². The smallest absolute Gasteiger partial charge is 0.0658 e. The number of nitroso groups, excluding NO2 is 1. The molecule has 0 rings (SSSR count). The first kappa shape index (κ1) is 7.36. The van der Waals surface area contributed by atoms with E-state index in [9.17, 15) is 4.91 Å². The van der Waals surface area contributed by atoms with Crippen molar-refractivity contribution in [3.8, 4) is 0 Å². The Bertz CT molecular complexity index is 62.3. The van der Waals surface area contributed by atoms with Crippen molar-refractivity contribution >= 4 is 0 Å². The summed E-state index contributed by atoms with van der Waals surface area (Å²) >= 11 is 0. The molecule has 0 aliphatic heterocycles. The van der Waals surface area contributed by atoms with Crippen LogP contribution in [-0.4, -0.2) is 18.1 Å². The van der Waals surface area contributed by atoms with Gasteiger partial charge in [0.25, 0.3) is 0 Å². The van der Waals surface area contributed by atoms with Crippen LogP contribution in [0.2, 0.25) is 0 Å². The van der Waals surface area contributed by atoms with Crippen molar-refractivity contribution in [2.75, 3.05) is 13.1 Å². The molecular weight excluding hydrogens is 106 g/mol. The second-order valence-electron chi connectivity index (χ2n) is 1.36. The van der Waals surface area contributed by atoms with Gasteiger partial charge in [0.1, 0.15) is 0 Å². The lowest BCUT2D eigenvalue weighted by Gasteiger charge is -2.12. The maximum Gasteiger partial charge on any atom is 0.0658 e. The van der Waals surface area contributed by atoms with Crippen molar-refractivity contribution < 1.29 is 0 Å². The minimum Gasteiger partial charge on any atom is -0.205 e.